The van der Waals surface area contributed by atoms with Crippen molar-refractivity contribution in [3.63, 3.8) is 0 Å². The summed E-state index contributed by atoms with van der Waals surface area (Å²) >= 11 is 0. The molecular formula is C25H25N3O2. The number of aryl methyl sites for hydroxylation is 1. The van der Waals surface area contributed by atoms with Crippen LogP contribution in [0.15, 0.2) is 36.5 Å². The minimum absolute atomic E-state index is 0.0604. The summed E-state index contributed by atoms with van der Waals surface area (Å²) in [6.07, 6.45) is 6.78. The average molecular weight is 399 g/mol. The van der Waals surface area contributed by atoms with Gasteiger partial charge in [-0.25, -0.2) is 0 Å². The normalized spacial score (nSPS) is 21.2. The van der Waals surface area contributed by atoms with E-state index in [4.69, 9.17) is 0 Å². The third-order valence-electron chi connectivity index (χ3n) is 6.70. The molecular weight excluding hydrogens is 374 g/mol. The number of fused-ring (bicyclic) bond motifs is 2. The zero-order chi connectivity index (χ0) is 20.8. The van der Waals surface area contributed by atoms with E-state index in [-0.39, 0.29) is 12.0 Å². The lowest BCUT2D eigenvalue weighted by molar-refractivity contribution is -0.116. The quantitative estimate of drug-likeness (QED) is 0.647. The number of carbonyl (C=O) groups excluding carboxylic acids is 1. The van der Waals surface area contributed by atoms with Crippen LogP contribution in [0.3, 0.4) is 0 Å². The van der Waals surface area contributed by atoms with Crippen molar-refractivity contribution < 1.29 is 9.90 Å². The van der Waals surface area contributed by atoms with Gasteiger partial charge in [0.25, 0.3) is 0 Å². The first-order valence-electron chi connectivity index (χ1n) is 10.7. The first-order chi connectivity index (χ1) is 14.5. The fourth-order valence-corrected chi connectivity index (χ4v) is 5.05. The molecule has 5 nitrogen and oxygen atoms in total. The third-order valence-corrected chi connectivity index (χ3v) is 6.70. The van der Waals surface area contributed by atoms with Gasteiger partial charge >= 0.3 is 0 Å². The monoisotopic (exact) mass is 399 g/mol. The zero-order valence-electron chi connectivity index (χ0n) is 17.1. The SMILES string of the molecule is Cc1cc2c(cc1C#N)c(-c1cccc3c1CCC(=O)N3)cn2[C@H]1CC[C@H](O)CC1. The number of hydrogen-bond donors (Lipinski definition) is 2. The van der Waals surface area contributed by atoms with Gasteiger partial charge < -0.3 is 15.0 Å². The molecule has 1 saturated carbocycles. The Kier molecular flexibility index (Phi) is 4.60. The van der Waals surface area contributed by atoms with Crippen LogP contribution >= 0.6 is 0 Å². The van der Waals surface area contributed by atoms with Gasteiger partial charge in [-0.2, -0.15) is 5.26 Å². The molecule has 1 aliphatic heterocycles. The lowest BCUT2D eigenvalue weighted by Gasteiger charge is -2.27. The molecule has 5 rings (SSSR count). The summed E-state index contributed by atoms with van der Waals surface area (Å²) in [7, 11) is 0. The van der Waals surface area contributed by atoms with Crippen LogP contribution in [-0.2, 0) is 11.2 Å². The molecule has 1 aliphatic carbocycles. The van der Waals surface area contributed by atoms with Crippen molar-refractivity contribution in [2.45, 2.75) is 57.6 Å². The summed E-state index contributed by atoms with van der Waals surface area (Å²) < 4.78 is 2.35. The van der Waals surface area contributed by atoms with Gasteiger partial charge in [0, 0.05) is 40.8 Å². The lowest BCUT2D eigenvalue weighted by atomic mass is 9.92. The second-order valence-electron chi connectivity index (χ2n) is 8.59. The van der Waals surface area contributed by atoms with Gasteiger partial charge in [-0.1, -0.05) is 12.1 Å². The number of carbonyl (C=O) groups is 1. The number of amides is 1. The second kappa shape index (κ2) is 7.30. The molecule has 2 aliphatic rings. The first kappa shape index (κ1) is 18.9. The van der Waals surface area contributed by atoms with Crippen LogP contribution in [0.1, 0.15) is 54.8 Å². The maximum Gasteiger partial charge on any atom is 0.224 e. The maximum atomic E-state index is 11.9. The van der Waals surface area contributed by atoms with E-state index in [2.05, 4.69) is 34.3 Å². The van der Waals surface area contributed by atoms with Crippen molar-refractivity contribution in [1.29, 1.82) is 5.26 Å². The molecule has 0 unspecified atom stereocenters. The molecule has 3 aromatic rings. The molecule has 5 heteroatoms. The molecule has 0 atom stereocenters. The summed E-state index contributed by atoms with van der Waals surface area (Å²) in [5.41, 5.74) is 7.10. The molecule has 1 fully saturated rings. The largest absolute Gasteiger partial charge is 0.393 e. The van der Waals surface area contributed by atoms with Crippen molar-refractivity contribution in [2.24, 2.45) is 0 Å². The molecule has 2 heterocycles. The number of benzene rings is 2. The fraction of sp³-hybridized carbons (Fsp3) is 0.360. The van der Waals surface area contributed by atoms with Crippen LogP contribution in [0.5, 0.6) is 0 Å². The van der Waals surface area contributed by atoms with Crippen molar-refractivity contribution in [3.05, 3.63) is 53.2 Å². The van der Waals surface area contributed by atoms with E-state index in [1.807, 2.05) is 25.1 Å². The van der Waals surface area contributed by atoms with Crippen LogP contribution in [0, 0.1) is 18.3 Å². The van der Waals surface area contributed by atoms with Gasteiger partial charge in [0.15, 0.2) is 0 Å². The standard InChI is InChI=1S/C25H25N3O2/c1-15-11-24-21(12-16(15)13-26)22(14-28(24)17-5-7-18(29)8-6-17)19-3-2-4-23-20(19)9-10-25(30)27-23/h2-4,11-12,14,17-18,29H,5-10H2,1H3,(H,27,30)/t17-,18-. The minimum Gasteiger partial charge on any atom is -0.393 e. The van der Waals surface area contributed by atoms with E-state index in [9.17, 15) is 15.2 Å². The molecule has 152 valence electrons. The van der Waals surface area contributed by atoms with Crippen molar-refractivity contribution >= 4 is 22.5 Å². The van der Waals surface area contributed by atoms with E-state index in [1.54, 1.807) is 0 Å². The van der Waals surface area contributed by atoms with E-state index < -0.39 is 0 Å². The molecule has 2 aromatic carbocycles. The molecule has 0 spiro atoms. The summed E-state index contributed by atoms with van der Waals surface area (Å²) in [5, 5.41) is 23.6. The van der Waals surface area contributed by atoms with Crippen LogP contribution in [0.2, 0.25) is 0 Å². The third kappa shape index (κ3) is 3.09. The van der Waals surface area contributed by atoms with Gasteiger partial charge in [0.1, 0.15) is 0 Å². The minimum atomic E-state index is -0.195. The number of aromatic nitrogens is 1. The highest BCUT2D eigenvalue weighted by atomic mass is 16.3. The lowest BCUT2D eigenvalue weighted by Crippen LogP contribution is -2.20. The van der Waals surface area contributed by atoms with Crippen molar-refractivity contribution in [2.75, 3.05) is 5.32 Å². The van der Waals surface area contributed by atoms with E-state index >= 15 is 0 Å². The number of nitriles is 1. The van der Waals surface area contributed by atoms with E-state index in [0.29, 0.717) is 18.0 Å². The number of anilines is 1. The maximum absolute atomic E-state index is 11.9. The molecule has 0 saturated heterocycles. The molecule has 1 amide bonds. The van der Waals surface area contributed by atoms with Crippen molar-refractivity contribution in [1.82, 2.24) is 4.57 Å². The van der Waals surface area contributed by atoms with Crippen LogP contribution < -0.4 is 5.32 Å². The molecule has 2 N–H and O–H groups in total. The average Bonchev–Trinajstić information content (AvgIpc) is 3.11. The van der Waals surface area contributed by atoms with Gasteiger partial charge in [-0.3, -0.25) is 4.79 Å². The first-order valence-corrected chi connectivity index (χ1v) is 10.7. The Balaban J connectivity index is 1.72. The second-order valence-corrected chi connectivity index (χ2v) is 8.59. The van der Waals surface area contributed by atoms with Crippen LogP contribution in [-0.4, -0.2) is 21.7 Å². The van der Waals surface area contributed by atoms with Crippen LogP contribution in [0.25, 0.3) is 22.0 Å². The molecule has 30 heavy (non-hydrogen) atoms. The van der Waals surface area contributed by atoms with Gasteiger partial charge in [0.05, 0.1) is 17.7 Å². The Morgan fingerprint density at radius 3 is 2.70 bits per heavy atom. The fourth-order valence-electron chi connectivity index (χ4n) is 5.05. The summed E-state index contributed by atoms with van der Waals surface area (Å²) in [4.78, 5) is 11.9. The Hall–Kier alpha value is -3.10. The van der Waals surface area contributed by atoms with E-state index in [0.717, 1.165) is 70.9 Å². The number of aliphatic hydroxyl groups excluding tert-OH is 1. The summed E-state index contributed by atoms with van der Waals surface area (Å²) in [5.74, 6) is 0.0604. The molecule has 0 bridgehead atoms. The summed E-state index contributed by atoms with van der Waals surface area (Å²) in [6, 6.07) is 12.9. The smallest absolute Gasteiger partial charge is 0.224 e. The predicted octanol–water partition coefficient (Wildman–Crippen LogP) is 4.85. The predicted molar refractivity (Wildman–Crippen MR) is 117 cm³/mol. The van der Waals surface area contributed by atoms with Crippen LogP contribution in [0.4, 0.5) is 5.69 Å². The number of rotatable bonds is 2. The zero-order valence-corrected chi connectivity index (χ0v) is 17.1. The highest BCUT2D eigenvalue weighted by molar-refractivity contribution is 6.01. The Morgan fingerprint density at radius 2 is 1.93 bits per heavy atom. The number of aliphatic hydroxyl groups is 1. The van der Waals surface area contributed by atoms with Gasteiger partial charge in [-0.15, -0.1) is 0 Å². The number of nitrogens with zero attached hydrogens (tertiary/aromatic N) is 2. The Bertz CT molecular complexity index is 1190. The Morgan fingerprint density at radius 1 is 1.13 bits per heavy atom. The highest BCUT2D eigenvalue weighted by Crippen LogP contribution is 2.41. The summed E-state index contributed by atoms with van der Waals surface area (Å²) in [6.45, 7) is 1.99. The van der Waals surface area contributed by atoms with Crippen molar-refractivity contribution in [3.8, 4) is 17.2 Å². The van der Waals surface area contributed by atoms with Gasteiger partial charge in [0.2, 0.25) is 5.91 Å². The number of nitrogens with one attached hydrogen (secondary N) is 1. The highest BCUT2D eigenvalue weighted by Gasteiger charge is 2.25. The topological polar surface area (TPSA) is 78.0 Å². The molecule has 0 radical (unpaired) electrons. The number of hydrogen-bond acceptors (Lipinski definition) is 3. The molecule has 1 aromatic heterocycles. The van der Waals surface area contributed by atoms with E-state index in [1.165, 1.54) is 0 Å². The Labute approximate surface area is 175 Å². The van der Waals surface area contributed by atoms with Gasteiger partial charge in [-0.05, 0) is 73.9 Å².